The van der Waals surface area contributed by atoms with E-state index in [4.69, 9.17) is 9.47 Å². The molecule has 0 atom stereocenters. The topological polar surface area (TPSA) is 72.9 Å². The van der Waals surface area contributed by atoms with Crippen LogP contribution in [-0.2, 0) is 14.3 Å². The highest BCUT2D eigenvalue weighted by Gasteiger charge is 2.34. The van der Waals surface area contributed by atoms with E-state index >= 15 is 0 Å². The summed E-state index contributed by atoms with van der Waals surface area (Å²) in [6.07, 6.45) is 3.17. The standard InChI is InChI=1S/C17H16INO5S/c1-3-7-19-16(21)14(25-17(19)22)9-11-5-6-13(12(18)8-11)24-10-15(20)23-4-2/h3,5-6,8-9H,1,4,7,10H2,2H3/b14-9+. The maximum absolute atomic E-state index is 12.2. The zero-order valence-electron chi connectivity index (χ0n) is 13.5. The smallest absolute Gasteiger partial charge is 0.344 e. The minimum absolute atomic E-state index is 0.163. The largest absolute Gasteiger partial charge is 0.481 e. The lowest BCUT2D eigenvalue weighted by atomic mass is 10.2. The van der Waals surface area contributed by atoms with Gasteiger partial charge in [0.05, 0.1) is 15.1 Å². The molecule has 25 heavy (non-hydrogen) atoms. The number of benzene rings is 1. The van der Waals surface area contributed by atoms with E-state index in [9.17, 15) is 14.4 Å². The van der Waals surface area contributed by atoms with E-state index in [1.807, 2.05) is 6.07 Å². The summed E-state index contributed by atoms with van der Waals surface area (Å²) >= 11 is 2.98. The highest BCUT2D eigenvalue weighted by molar-refractivity contribution is 14.1. The SMILES string of the molecule is C=CCN1C(=O)S/C(=C/c2ccc(OCC(=O)OCC)c(I)c2)C1=O. The Balaban J connectivity index is 2.10. The first-order valence-electron chi connectivity index (χ1n) is 7.40. The van der Waals surface area contributed by atoms with Gasteiger partial charge in [0.2, 0.25) is 0 Å². The lowest BCUT2D eigenvalue weighted by Crippen LogP contribution is -2.27. The Morgan fingerprint density at radius 1 is 1.40 bits per heavy atom. The summed E-state index contributed by atoms with van der Waals surface area (Å²) in [6, 6.07) is 5.27. The fourth-order valence-electron chi connectivity index (χ4n) is 2.00. The minimum Gasteiger partial charge on any atom is -0.481 e. The molecule has 0 unspecified atom stereocenters. The monoisotopic (exact) mass is 473 g/mol. The van der Waals surface area contributed by atoms with Crippen molar-refractivity contribution in [2.75, 3.05) is 19.8 Å². The van der Waals surface area contributed by atoms with Gasteiger partial charge < -0.3 is 9.47 Å². The van der Waals surface area contributed by atoms with Crippen LogP contribution < -0.4 is 4.74 Å². The number of ether oxygens (including phenoxy) is 2. The van der Waals surface area contributed by atoms with Crippen molar-refractivity contribution in [3.05, 3.63) is 44.9 Å². The Morgan fingerprint density at radius 3 is 2.80 bits per heavy atom. The van der Waals surface area contributed by atoms with Crippen LogP contribution >= 0.6 is 34.4 Å². The minimum atomic E-state index is -0.432. The summed E-state index contributed by atoms with van der Waals surface area (Å²) in [7, 11) is 0. The molecule has 0 aliphatic carbocycles. The molecular weight excluding hydrogens is 457 g/mol. The molecule has 1 aliphatic heterocycles. The molecule has 1 aliphatic rings. The first-order chi connectivity index (χ1) is 12.0. The molecule has 0 bridgehead atoms. The van der Waals surface area contributed by atoms with Gasteiger partial charge in [0.25, 0.3) is 11.1 Å². The normalized spacial score (nSPS) is 15.6. The molecule has 8 heteroatoms. The van der Waals surface area contributed by atoms with Gasteiger partial charge in [-0.25, -0.2) is 4.79 Å². The fraction of sp³-hybridized carbons (Fsp3) is 0.235. The van der Waals surface area contributed by atoms with Crippen molar-refractivity contribution in [3.8, 4) is 5.75 Å². The highest BCUT2D eigenvalue weighted by Crippen LogP contribution is 2.33. The number of hydrogen-bond acceptors (Lipinski definition) is 6. The zero-order chi connectivity index (χ0) is 18.4. The Bertz CT molecular complexity index is 747. The maximum atomic E-state index is 12.2. The Kier molecular flexibility index (Phi) is 7.06. The molecule has 1 heterocycles. The Labute approximate surface area is 163 Å². The second-order valence-electron chi connectivity index (χ2n) is 4.86. The van der Waals surface area contributed by atoms with E-state index in [0.717, 1.165) is 25.8 Å². The van der Waals surface area contributed by atoms with Gasteiger partial charge >= 0.3 is 5.97 Å². The third-order valence-corrected chi connectivity index (χ3v) is 4.84. The van der Waals surface area contributed by atoms with Crippen molar-refractivity contribution in [1.82, 2.24) is 4.90 Å². The molecule has 2 amide bonds. The summed E-state index contributed by atoms with van der Waals surface area (Å²) in [5, 5.41) is -0.305. The van der Waals surface area contributed by atoms with Crippen LogP contribution in [0.1, 0.15) is 12.5 Å². The maximum Gasteiger partial charge on any atom is 0.344 e. The van der Waals surface area contributed by atoms with Crippen LogP contribution in [0.3, 0.4) is 0 Å². The molecule has 1 aromatic carbocycles. The lowest BCUT2D eigenvalue weighted by molar-refractivity contribution is -0.145. The number of amides is 2. The van der Waals surface area contributed by atoms with Crippen LogP contribution in [0.4, 0.5) is 4.79 Å². The van der Waals surface area contributed by atoms with Crippen molar-refractivity contribution in [2.24, 2.45) is 0 Å². The number of carbonyl (C=O) groups excluding carboxylic acids is 3. The number of hydrogen-bond donors (Lipinski definition) is 0. The molecule has 1 fully saturated rings. The summed E-state index contributed by atoms with van der Waals surface area (Å²) in [4.78, 5) is 36.8. The molecule has 0 saturated carbocycles. The van der Waals surface area contributed by atoms with Gasteiger partial charge in [-0.1, -0.05) is 12.1 Å². The van der Waals surface area contributed by atoms with Crippen LogP contribution in [0.5, 0.6) is 5.75 Å². The third-order valence-electron chi connectivity index (χ3n) is 3.09. The molecule has 6 nitrogen and oxygen atoms in total. The van der Waals surface area contributed by atoms with Gasteiger partial charge in [0.15, 0.2) is 6.61 Å². The van der Waals surface area contributed by atoms with E-state index in [1.54, 1.807) is 25.1 Å². The van der Waals surface area contributed by atoms with Gasteiger partial charge in [-0.15, -0.1) is 6.58 Å². The van der Waals surface area contributed by atoms with Crippen molar-refractivity contribution in [1.29, 1.82) is 0 Å². The third kappa shape index (κ3) is 5.08. The van der Waals surface area contributed by atoms with Crippen molar-refractivity contribution >= 4 is 57.5 Å². The molecule has 0 spiro atoms. The second-order valence-corrected chi connectivity index (χ2v) is 7.02. The number of imide groups is 1. The van der Waals surface area contributed by atoms with Crippen molar-refractivity contribution in [2.45, 2.75) is 6.92 Å². The van der Waals surface area contributed by atoms with Crippen molar-refractivity contribution in [3.63, 3.8) is 0 Å². The predicted octanol–water partition coefficient (Wildman–Crippen LogP) is 3.46. The van der Waals surface area contributed by atoms with Gasteiger partial charge in [0.1, 0.15) is 5.75 Å². The van der Waals surface area contributed by atoms with Gasteiger partial charge in [-0.2, -0.15) is 0 Å². The Morgan fingerprint density at radius 2 is 2.16 bits per heavy atom. The summed E-state index contributed by atoms with van der Waals surface area (Å²) in [5.74, 6) is -0.212. The molecule has 2 rings (SSSR count). The van der Waals surface area contributed by atoms with Gasteiger partial charge in [-0.05, 0) is 65.0 Å². The molecule has 0 radical (unpaired) electrons. The van der Waals surface area contributed by atoms with Crippen LogP contribution in [0.25, 0.3) is 6.08 Å². The van der Waals surface area contributed by atoms with E-state index in [0.29, 0.717) is 17.3 Å². The van der Waals surface area contributed by atoms with Crippen LogP contribution in [0, 0.1) is 3.57 Å². The van der Waals surface area contributed by atoms with Gasteiger partial charge in [-0.3, -0.25) is 14.5 Å². The number of esters is 1. The van der Waals surface area contributed by atoms with E-state index in [1.165, 1.54) is 6.08 Å². The number of nitrogens with zero attached hydrogens (tertiary/aromatic N) is 1. The van der Waals surface area contributed by atoms with E-state index in [-0.39, 0.29) is 24.3 Å². The molecule has 1 saturated heterocycles. The van der Waals surface area contributed by atoms with E-state index < -0.39 is 5.97 Å². The quantitative estimate of drug-likeness (QED) is 0.262. The summed E-state index contributed by atoms with van der Waals surface area (Å²) in [6.45, 7) is 5.61. The van der Waals surface area contributed by atoms with E-state index in [2.05, 4.69) is 29.2 Å². The van der Waals surface area contributed by atoms with Crippen LogP contribution in [-0.4, -0.2) is 41.8 Å². The first kappa shape index (κ1) is 19.5. The average Bonchev–Trinajstić information content (AvgIpc) is 2.82. The predicted molar refractivity (Wildman–Crippen MR) is 104 cm³/mol. The Hall–Kier alpha value is -1.81. The van der Waals surface area contributed by atoms with Crippen LogP contribution in [0.2, 0.25) is 0 Å². The molecule has 0 aromatic heterocycles. The summed E-state index contributed by atoms with van der Waals surface area (Å²) < 4.78 is 11.0. The van der Waals surface area contributed by atoms with Crippen molar-refractivity contribution < 1.29 is 23.9 Å². The number of carbonyl (C=O) groups is 3. The molecule has 1 aromatic rings. The average molecular weight is 473 g/mol. The second kappa shape index (κ2) is 9.04. The molecule has 0 N–H and O–H groups in total. The molecular formula is C17H16INO5S. The van der Waals surface area contributed by atoms with Crippen LogP contribution in [0.15, 0.2) is 35.8 Å². The van der Waals surface area contributed by atoms with Gasteiger partial charge in [0, 0.05) is 6.54 Å². The fourth-order valence-corrected chi connectivity index (χ4v) is 3.54. The number of rotatable bonds is 7. The number of thioether (sulfide) groups is 1. The zero-order valence-corrected chi connectivity index (χ0v) is 16.5. The molecule has 132 valence electrons. The number of halogens is 1. The summed E-state index contributed by atoms with van der Waals surface area (Å²) in [5.41, 5.74) is 0.761. The lowest BCUT2D eigenvalue weighted by Gasteiger charge is -2.09. The highest BCUT2D eigenvalue weighted by atomic mass is 127. The first-order valence-corrected chi connectivity index (χ1v) is 9.30.